The summed E-state index contributed by atoms with van der Waals surface area (Å²) in [4.78, 5) is 0. The molecule has 0 saturated carbocycles. The van der Waals surface area contributed by atoms with Gasteiger partial charge in [-0.2, -0.15) is 0 Å². The topological polar surface area (TPSA) is 117 Å². The molecule has 0 radical (unpaired) electrons. The summed E-state index contributed by atoms with van der Waals surface area (Å²) < 4.78 is 4.68. The van der Waals surface area contributed by atoms with E-state index in [4.69, 9.17) is 20.8 Å². The predicted octanol–water partition coefficient (Wildman–Crippen LogP) is 0.570. The molecule has 1 aromatic carbocycles. The summed E-state index contributed by atoms with van der Waals surface area (Å²) >= 11 is 0. The van der Waals surface area contributed by atoms with Gasteiger partial charge in [0, 0.05) is 6.07 Å². The SMILES string of the molecule is COc1c(O)cc(N(O)O)cc1N(O)O. The zero-order valence-electron chi connectivity index (χ0n) is 7.69. The second-order valence-corrected chi connectivity index (χ2v) is 2.60. The maximum Gasteiger partial charge on any atom is 0.189 e. The van der Waals surface area contributed by atoms with Crippen molar-refractivity contribution in [1.82, 2.24) is 0 Å². The van der Waals surface area contributed by atoms with Crippen LogP contribution in [0.4, 0.5) is 11.4 Å². The molecule has 0 bridgehead atoms. The zero-order valence-corrected chi connectivity index (χ0v) is 7.69. The Morgan fingerprint density at radius 2 is 1.67 bits per heavy atom. The van der Waals surface area contributed by atoms with Gasteiger partial charge >= 0.3 is 0 Å². The number of rotatable bonds is 3. The first kappa shape index (κ1) is 11.3. The number of phenols is 1. The smallest absolute Gasteiger partial charge is 0.189 e. The van der Waals surface area contributed by atoms with E-state index in [-0.39, 0.29) is 27.6 Å². The summed E-state index contributed by atoms with van der Waals surface area (Å²) in [5, 5.41) is 43.7. The van der Waals surface area contributed by atoms with E-state index in [1.54, 1.807) is 0 Å². The highest BCUT2D eigenvalue weighted by Crippen LogP contribution is 2.39. The van der Waals surface area contributed by atoms with Crippen molar-refractivity contribution in [3.63, 3.8) is 0 Å². The molecule has 5 N–H and O–H groups in total. The summed E-state index contributed by atoms with van der Waals surface area (Å²) in [5.41, 5.74) is -0.614. The number of anilines is 2. The van der Waals surface area contributed by atoms with Crippen molar-refractivity contribution in [2.45, 2.75) is 0 Å². The third-order valence-electron chi connectivity index (χ3n) is 1.69. The van der Waals surface area contributed by atoms with E-state index in [1.807, 2.05) is 0 Å². The van der Waals surface area contributed by atoms with Crippen LogP contribution in [0.5, 0.6) is 11.5 Å². The number of benzene rings is 1. The van der Waals surface area contributed by atoms with E-state index in [2.05, 4.69) is 4.74 Å². The van der Waals surface area contributed by atoms with Crippen molar-refractivity contribution >= 4 is 11.4 Å². The van der Waals surface area contributed by atoms with Crippen LogP contribution in [0.3, 0.4) is 0 Å². The molecule has 84 valence electrons. The third-order valence-corrected chi connectivity index (χ3v) is 1.69. The lowest BCUT2D eigenvalue weighted by Gasteiger charge is -2.16. The number of ether oxygens (including phenoxy) is 1. The van der Waals surface area contributed by atoms with Crippen molar-refractivity contribution < 1.29 is 30.7 Å². The molecule has 0 aliphatic heterocycles. The molecule has 0 fully saturated rings. The van der Waals surface area contributed by atoms with Gasteiger partial charge in [0.1, 0.15) is 11.4 Å². The van der Waals surface area contributed by atoms with Gasteiger partial charge in [0.25, 0.3) is 0 Å². The maximum atomic E-state index is 9.35. The second kappa shape index (κ2) is 4.19. The molecular weight excluding hydrogens is 208 g/mol. The van der Waals surface area contributed by atoms with Gasteiger partial charge in [-0.25, -0.2) is 0 Å². The molecule has 0 aliphatic rings. The summed E-state index contributed by atoms with van der Waals surface area (Å²) in [6, 6.07) is 1.93. The van der Waals surface area contributed by atoms with Crippen molar-refractivity contribution in [3.05, 3.63) is 12.1 Å². The Bertz CT molecular complexity index is 354. The fourth-order valence-electron chi connectivity index (χ4n) is 1.06. The largest absolute Gasteiger partial charge is 0.504 e. The molecule has 0 aliphatic carbocycles. The highest BCUT2D eigenvalue weighted by molar-refractivity contribution is 5.69. The summed E-state index contributed by atoms with van der Waals surface area (Å²) in [5.74, 6) is -0.697. The quantitative estimate of drug-likeness (QED) is 0.467. The van der Waals surface area contributed by atoms with Crippen LogP contribution in [-0.2, 0) is 0 Å². The Kier molecular flexibility index (Phi) is 3.17. The van der Waals surface area contributed by atoms with Crippen molar-refractivity contribution in [3.8, 4) is 11.5 Å². The lowest BCUT2D eigenvalue weighted by atomic mass is 10.2. The molecule has 1 aromatic rings. The maximum absolute atomic E-state index is 9.35. The number of nitrogens with zero attached hydrogens (tertiary/aromatic N) is 2. The van der Waals surface area contributed by atoms with Crippen LogP contribution in [0.25, 0.3) is 0 Å². The Hall–Kier alpha value is -1.74. The number of hydrogen-bond acceptors (Lipinski definition) is 8. The minimum absolute atomic E-state index is 0.217. The van der Waals surface area contributed by atoms with Gasteiger partial charge in [0.05, 0.1) is 7.11 Å². The Labute approximate surface area is 84.2 Å². The molecular formula is C7H10N2O6. The lowest BCUT2D eigenvalue weighted by molar-refractivity contribution is 0.0249. The first-order valence-corrected chi connectivity index (χ1v) is 3.74. The minimum atomic E-state index is -0.480. The summed E-state index contributed by atoms with van der Waals surface area (Å²) in [6.07, 6.45) is 0. The first-order chi connectivity index (χ1) is 6.97. The molecule has 15 heavy (non-hydrogen) atoms. The molecule has 0 unspecified atom stereocenters. The van der Waals surface area contributed by atoms with Crippen LogP contribution in [0, 0.1) is 0 Å². The van der Waals surface area contributed by atoms with Gasteiger partial charge in [0.15, 0.2) is 11.5 Å². The van der Waals surface area contributed by atoms with E-state index < -0.39 is 5.75 Å². The van der Waals surface area contributed by atoms with Gasteiger partial charge in [-0.3, -0.25) is 20.8 Å². The second-order valence-electron chi connectivity index (χ2n) is 2.60. The lowest BCUT2D eigenvalue weighted by Crippen LogP contribution is -2.15. The zero-order chi connectivity index (χ0) is 11.6. The molecule has 0 saturated heterocycles. The molecule has 8 heteroatoms. The average Bonchev–Trinajstić information content (AvgIpc) is 2.16. The van der Waals surface area contributed by atoms with E-state index in [0.717, 1.165) is 12.1 Å². The molecule has 0 amide bonds. The Morgan fingerprint density at radius 3 is 2.07 bits per heavy atom. The molecule has 8 nitrogen and oxygen atoms in total. The monoisotopic (exact) mass is 218 g/mol. The van der Waals surface area contributed by atoms with Crippen molar-refractivity contribution in [1.29, 1.82) is 0 Å². The molecule has 1 rings (SSSR count). The predicted molar refractivity (Wildman–Crippen MR) is 46.8 cm³/mol. The fourth-order valence-corrected chi connectivity index (χ4v) is 1.06. The van der Waals surface area contributed by atoms with Gasteiger partial charge in [-0.1, -0.05) is 0 Å². The van der Waals surface area contributed by atoms with Crippen LogP contribution in [0.1, 0.15) is 0 Å². The highest BCUT2D eigenvalue weighted by atomic mass is 16.8. The normalized spacial score (nSPS) is 9.93. The van der Waals surface area contributed by atoms with Gasteiger partial charge in [-0.15, -0.1) is 10.5 Å². The number of aromatic hydroxyl groups is 1. The number of methoxy groups -OCH3 is 1. The van der Waals surface area contributed by atoms with Crippen molar-refractivity contribution in [2.24, 2.45) is 0 Å². The number of hydrogen-bond donors (Lipinski definition) is 5. The molecule has 0 heterocycles. The van der Waals surface area contributed by atoms with E-state index in [9.17, 15) is 5.11 Å². The third kappa shape index (κ3) is 2.19. The first-order valence-electron chi connectivity index (χ1n) is 3.74. The summed E-state index contributed by atoms with van der Waals surface area (Å²) in [6.45, 7) is 0. The van der Waals surface area contributed by atoms with Crippen LogP contribution < -0.4 is 15.2 Å². The minimum Gasteiger partial charge on any atom is -0.504 e. The van der Waals surface area contributed by atoms with Gasteiger partial charge in [0.2, 0.25) is 0 Å². The van der Waals surface area contributed by atoms with Crippen LogP contribution >= 0.6 is 0 Å². The fraction of sp³-hybridized carbons (Fsp3) is 0.143. The molecule has 0 aromatic heterocycles. The standard InChI is InChI=1S/C7H10N2O6/c1-15-7-5(9(13)14)2-4(8(11)12)3-6(7)10/h2-3,10-14H,1H3. The highest BCUT2D eigenvalue weighted by Gasteiger charge is 2.16. The molecule has 0 atom stereocenters. The number of phenolic OH excluding ortho intramolecular Hbond substituents is 1. The van der Waals surface area contributed by atoms with E-state index in [1.165, 1.54) is 7.11 Å². The Balaban J connectivity index is 3.32. The van der Waals surface area contributed by atoms with Gasteiger partial charge < -0.3 is 9.84 Å². The van der Waals surface area contributed by atoms with E-state index >= 15 is 0 Å². The van der Waals surface area contributed by atoms with Gasteiger partial charge in [-0.05, 0) is 6.07 Å². The van der Waals surface area contributed by atoms with E-state index in [0.29, 0.717) is 0 Å². The van der Waals surface area contributed by atoms with Crippen LogP contribution in [-0.4, -0.2) is 33.0 Å². The average molecular weight is 218 g/mol. The Morgan fingerprint density at radius 1 is 1.07 bits per heavy atom. The van der Waals surface area contributed by atoms with Crippen LogP contribution in [0.2, 0.25) is 0 Å². The van der Waals surface area contributed by atoms with Crippen LogP contribution in [0.15, 0.2) is 12.1 Å². The van der Waals surface area contributed by atoms with Crippen molar-refractivity contribution in [2.75, 3.05) is 17.6 Å². The molecule has 0 spiro atoms. The summed E-state index contributed by atoms with van der Waals surface area (Å²) in [7, 11) is 1.21.